The molecule has 0 radical (unpaired) electrons. The first-order valence-corrected chi connectivity index (χ1v) is 9.63. The molecule has 0 saturated heterocycles. The molecule has 11 heteroatoms. The summed E-state index contributed by atoms with van der Waals surface area (Å²) in [5.41, 5.74) is 1.41. The average molecular weight is 436 g/mol. The second-order valence-electron chi connectivity index (χ2n) is 7.33. The summed E-state index contributed by atoms with van der Waals surface area (Å²) in [5.74, 6) is -0.0525. The van der Waals surface area contributed by atoms with Gasteiger partial charge in [0.05, 0.1) is 0 Å². The van der Waals surface area contributed by atoms with E-state index in [0.29, 0.717) is 24.4 Å². The molecule has 1 aliphatic rings. The Bertz CT molecular complexity index is 1030. The maximum Gasteiger partial charge on any atom is 0.411 e. The Labute approximate surface area is 174 Å². The van der Waals surface area contributed by atoms with Gasteiger partial charge in [-0.05, 0) is 19.8 Å². The maximum absolute atomic E-state index is 12.4. The zero-order chi connectivity index (χ0) is 22.0. The molecule has 1 atom stereocenters. The second-order valence-corrected chi connectivity index (χ2v) is 7.33. The summed E-state index contributed by atoms with van der Waals surface area (Å²) >= 11 is 0. The highest BCUT2D eigenvalue weighted by Gasteiger charge is 2.36. The number of benzene rings is 1. The number of halogens is 3. The lowest BCUT2D eigenvalue weighted by Crippen LogP contribution is -2.43. The van der Waals surface area contributed by atoms with Crippen molar-refractivity contribution in [1.82, 2.24) is 20.7 Å². The minimum Gasteiger partial charge on any atom is -0.422 e. The van der Waals surface area contributed by atoms with Crippen LogP contribution in [-0.2, 0) is 4.74 Å². The maximum atomic E-state index is 12.4. The number of nitrogens with one attached hydrogen (secondary N) is 1. The average Bonchev–Trinajstić information content (AvgIpc) is 3.38. The third-order valence-corrected chi connectivity index (χ3v) is 4.93. The van der Waals surface area contributed by atoms with Gasteiger partial charge in [-0.15, -0.1) is 10.2 Å². The minimum atomic E-state index is -4.43. The van der Waals surface area contributed by atoms with Crippen LogP contribution < -0.4 is 5.32 Å². The summed E-state index contributed by atoms with van der Waals surface area (Å²) in [6.45, 7) is 0.0188. The largest absolute Gasteiger partial charge is 0.422 e. The number of amides is 1. The number of carbonyl (C=O) groups is 1. The minimum absolute atomic E-state index is 0.0122. The van der Waals surface area contributed by atoms with Crippen molar-refractivity contribution < 1.29 is 31.6 Å². The van der Waals surface area contributed by atoms with Crippen molar-refractivity contribution in [2.75, 3.05) is 6.61 Å². The Morgan fingerprint density at radius 3 is 2.71 bits per heavy atom. The highest BCUT2D eigenvalue weighted by Crippen LogP contribution is 2.37. The Kier molecular flexibility index (Phi) is 5.77. The molecule has 0 bridgehead atoms. The molecule has 2 heterocycles. The van der Waals surface area contributed by atoms with E-state index in [2.05, 4.69) is 20.7 Å². The lowest BCUT2D eigenvalue weighted by Gasteiger charge is -2.33. The smallest absolute Gasteiger partial charge is 0.411 e. The molecule has 1 fully saturated rings. The lowest BCUT2D eigenvalue weighted by atomic mass is 9.80. The van der Waals surface area contributed by atoms with Crippen molar-refractivity contribution in [1.29, 1.82) is 0 Å². The van der Waals surface area contributed by atoms with Crippen molar-refractivity contribution >= 4 is 5.91 Å². The predicted octanol–water partition coefficient (Wildman–Crippen LogP) is 4.04. The highest BCUT2D eigenvalue weighted by atomic mass is 19.4. The SMILES string of the molecule is C[C@@H](OCC(F)(F)F)c1nnc([C@H]2C[C@H](NC(=O)c3cc(-c4ccccc4)no3)C2)o1. The monoisotopic (exact) mass is 436 g/mol. The number of ether oxygens (including phenoxy) is 1. The van der Waals surface area contributed by atoms with E-state index in [0.717, 1.165) is 5.56 Å². The van der Waals surface area contributed by atoms with Crippen LogP contribution in [0.3, 0.4) is 0 Å². The fourth-order valence-electron chi connectivity index (χ4n) is 3.19. The zero-order valence-electron chi connectivity index (χ0n) is 16.4. The van der Waals surface area contributed by atoms with Crippen molar-refractivity contribution in [3.05, 3.63) is 53.9 Å². The Morgan fingerprint density at radius 1 is 1.26 bits per heavy atom. The normalized spacial score (nSPS) is 19.6. The standard InChI is InChI=1S/C20H19F3N4O4/c1-11(29-10-20(21,22)23)18-25-26-19(30-18)13-7-14(8-13)24-17(28)16-9-15(27-31-16)12-5-3-2-4-6-12/h2-6,9,11,13-14H,7-8,10H2,1H3,(H,24,28)/t11-,13-,14-/m1/s1. The number of alkyl halides is 3. The molecule has 1 N–H and O–H groups in total. The van der Waals surface area contributed by atoms with Gasteiger partial charge in [-0.3, -0.25) is 4.79 Å². The quantitative estimate of drug-likeness (QED) is 0.596. The Hall–Kier alpha value is -3.21. The lowest BCUT2D eigenvalue weighted by molar-refractivity contribution is -0.186. The molecule has 1 saturated carbocycles. The molecular weight excluding hydrogens is 417 g/mol. The van der Waals surface area contributed by atoms with Gasteiger partial charge in [-0.25, -0.2) is 0 Å². The zero-order valence-corrected chi connectivity index (χ0v) is 16.4. The first-order chi connectivity index (χ1) is 14.8. The first-order valence-electron chi connectivity index (χ1n) is 9.63. The number of aromatic nitrogens is 3. The highest BCUT2D eigenvalue weighted by molar-refractivity contribution is 5.92. The molecule has 1 amide bonds. The van der Waals surface area contributed by atoms with Crippen LogP contribution in [0.5, 0.6) is 0 Å². The van der Waals surface area contributed by atoms with Crippen molar-refractivity contribution in [2.45, 2.75) is 44.0 Å². The van der Waals surface area contributed by atoms with Crippen LogP contribution in [0, 0.1) is 0 Å². The fraction of sp³-hybridized carbons (Fsp3) is 0.400. The van der Waals surface area contributed by atoms with Crippen LogP contribution in [-0.4, -0.2) is 40.1 Å². The summed E-state index contributed by atoms with van der Waals surface area (Å²) < 4.78 is 52.0. The van der Waals surface area contributed by atoms with Crippen LogP contribution in [0.25, 0.3) is 11.3 Å². The molecular formula is C20H19F3N4O4. The van der Waals surface area contributed by atoms with Gasteiger partial charge in [0, 0.05) is 23.6 Å². The molecule has 4 rings (SSSR count). The molecule has 3 aromatic rings. The van der Waals surface area contributed by atoms with E-state index in [-0.39, 0.29) is 29.5 Å². The fourth-order valence-corrected chi connectivity index (χ4v) is 3.19. The molecule has 0 unspecified atom stereocenters. The Balaban J connectivity index is 1.27. The second kappa shape index (κ2) is 8.50. The Morgan fingerprint density at radius 2 is 2.00 bits per heavy atom. The van der Waals surface area contributed by atoms with Gasteiger partial charge in [0.1, 0.15) is 18.4 Å². The summed E-state index contributed by atoms with van der Waals surface area (Å²) in [7, 11) is 0. The van der Waals surface area contributed by atoms with Crippen molar-refractivity contribution in [3.63, 3.8) is 0 Å². The molecule has 0 spiro atoms. The molecule has 31 heavy (non-hydrogen) atoms. The summed E-state index contributed by atoms with van der Waals surface area (Å²) in [5, 5.41) is 14.4. The van der Waals surface area contributed by atoms with Crippen LogP contribution >= 0.6 is 0 Å². The summed E-state index contributed by atoms with van der Waals surface area (Å²) in [4.78, 5) is 12.4. The van der Waals surface area contributed by atoms with E-state index in [9.17, 15) is 18.0 Å². The van der Waals surface area contributed by atoms with Crippen molar-refractivity contribution in [2.24, 2.45) is 0 Å². The van der Waals surface area contributed by atoms with Crippen LogP contribution in [0.2, 0.25) is 0 Å². The van der Waals surface area contributed by atoms with Gasteiger partial charge in [-0.1, -0.05) is 35.5 Å². The molecule has 164 valence electrons. The van der Waals surface area contributed by atoms with E-state index >= 15 is 0 Å². The van der Waals surface area contributed by atoms with Crippen LogP contribution in [0.1, 0.15) is 54.1 Å². The number of hydrogen-bond donors (Lipinski definition) is 1. The van der Waals surface area contributed by atoms with E-state index in [1.165, 1.54) is 6.92 Å². The summed E-state index contributed by atoms with van der Waals surface area (Å²) in [6, 6.07) is 10.8. The van der Waals surface area contributed by atoms with E-state index < -0.39 is 18.9 Å². The van der Waals surface area contributed by atoms with Crippen molar-refractivity contribution in [3.8, 4) is 11.3 Å². The van der Waals surface area contributed by atoms with Gasteiger partial charge in [0.15, 0.2) is 0 Å². The predicted molar refractivity (Wildman–Crippen MR) is 99.9 cm³/mol. The molecule has 8 nitrogen and oxygen atoms in total. The molecule has 1 aromatic carbocycles. The number of hydrogen-bond acceptors (Lipinski definition) is 7. The van der Waals surface area contributed by atoms with Crippen LogP contribution in [0.4, 0.5) is 13.2 Å². The third-order valence-electron chi connectivity index (χ3n) is 4.93. The van der Waals surface area contributed by atoms with E-state index in [4.69, 9.17) is 13.7 Å². The molecule has 0 aliphatic heterocycles. The topological polar surface area (TPSA) is 103 Å². The molecule has 1 aliphatic carbocycles. The summed E-state index contributed by atoms with van der Waals surface area (Å²) in [6.07, 6.45) is -4.28. The van der Waals surface area contributed by atoms with Gasteiger partial charge in [0.25, 0.3) is 5.91 Å². The molecule has 2 aromatic heterocycles. The number of carbonyl (C=O) groups excluding carboxylic acids is 1. The number of rotatable bonds is 7. The number of nitrogens with zero attached hydrogens (tertiary/aromatic N) is 3. The van der Waals surface area contributed by atoms with Gasteiger partial charge >= 0.3 is 6.18 Å². The van der Waals surface area contributed by atoms with Gasteiger partial charge < -0.3 is 19.0 Å². The van der Waals surface area contributed by atoms with E-state index in [1.807, 2.05) is 30.3 Å². The van der Waals surface area contributed by atoms with Gasteiger partial charge in [0.2, 0.25) is 17.5 Å². The first kappa shape index (κ1) is 21.0. The van der Waals surface area contributed by atoms with Gasteiger partial charge in [-0.2, -0.15) is 13.2 Å². The van der Waals surface area contributed by atoms with Crippen LogP contribution in [0.15, 0.2) is 45.3 Å². The third kappa shape index (κ3) is 5.10. The van der Waals surface area contributed by atoms with E-state index in [1.54, 1.807) is 6.07 Å².